The average molecular weight is 348 g/mol. The lowest BCUT2D eigenvalue weighted by Crippen LogP contribution is -2.41. The van der Waals surface area contributed by atoms with Crippen molar-refractivity contribution in [3.05, 3.63) is 35.9 Å². The van der Waals surface area contributed by atoms with E-state index in [0.717, 1.165) is 37.0 Å². The van der Waals surface area contributed by atoms with E-state index in [-0.39, 0.29) is 5.91 Å². The van der Waals surface area contributed by atoms with Crippen LogP contribution in [-0.4, -0.2) is 37.6 Å². The van der Waals surface area contributed by atoms with Crippen molar-refractivity contribution in [1.82, 2.24) is 5.32 Å². The van der Waals surface area contributed by atoms with Crippen LogP contribution in [0.5, 0.6) is 0 Å². The number of hydrogen-bond acceptors (Lipinski definition) is 1. The molecular weight excluding hydrogens is 308 g/mol. The molecule has 0 bridgehead atoms. The number of amides is 1. The van der Waals surface area contributed by atoms with Crippen molar-refractivity contribution in [2.45, 2.75) is 71.3 Å². The number of hydrogen-bond donors (Lipinski definition) is 1. The summed E-state index contributed by atoms with van der Waals surface area (Å²) in [5, 5.41) is 3.08. The van der Waals surface area contributed by atoms with Crippen molar-refractivity contribution in [2.24, 2.45) is 0 Å². The Labute approximate surface area is 155 Å². The molecule has 0 spiro atoms. The Morgan fingerprint density at radius 1 is 0.920 bits per heavy atom. The molecule has 1 rings (SSSR count). The molecule has 0 atom stereocenters. The third-order valence-corrected chi connectivity index (χ3v) is 4.72. The van der Waals surface area contributed by atoms with E-state index in [1.54, 1.807) is 0 Å². The summed E-state index contributed by atoms with van der Waals surface area (Å²) in [6.45, 7) is 5.15. The number of nitrogens with one attached hydrogen (secondary N) is 1. The molecule has 0 aliphatic rings. The Morgan fingerprint density at radius 3 is 2.24 bits per heavy atom. The largest absolute Gasteiger partial charge is 0.356 e. The second kappa shape index (κ2) is 12.9. The number of quaternary nitrogens is 1. The zero-order valence-corrected chi connectivity index (χ0v) is 16.7. The molecular formula is C22H39N2O+. The zero-order chi connectivity index (χ0) is 18.4. The number of nitrogens with zero attached hydrogens (tertiary/aromatic N) is 1. The van der Waals surface area contributed by atoms with Crippen molar-refractivity contribution in [3.8, 4) is 0 Å². The van der Waals surface area contributed by atoms with Crippen LogP contribution in [0.4, 0.5) is 0 Å². The van der Waals surface area contributed by atoms with Gasteiger partial charge in [-0.1, -0.05) is 75.8 Å². The maximum absolute atomic E-state index is 11.9. The van der Waals surface area contributed by atoms with Gasteiger partial charge in [-0.15, -0.1) is 0 Å². The first-order valence-electron chi connectivity index (χ1n) is 10.2. The summed E-state index contributed by atoms with van der Waals surface area (Å²) in [5.74, 6) is 0.224. The lowest BCUT2D eigenvalue weighted by Gasteiger charge is -2.30. The monoisotopic (exact) mass is 347 g/mol. The fourth-order valence-corrected chi connectivity index (χ4v) is 3.22. The van der Waals surface area contributed by atoms with Crippen LogP contribution >= 0.6 is 0 Å². The van der Waals surface area contributed by atoms with Gasteiger partial charge in [0.05, 0.1) is 20.6 Å². The molecule has 0 saturated carbocycles. The van der Waals surface area contributed by atoms with E-state index in [1.165, 1.54) is 44.1 Å². The molecule has 0 unspecified atom stereocenters. The zero-order valence-electron chi connectivity index (χ0n) is 16.7. The molecule has 142 valence electrons. The van der Waals surface area contributed by atoms with E-state index in [1.807, 2.05) is 0 Å². The lowest BCUT2D eigenvalue weighted by molar-refractivity contribution is -0.903. The molecule has 0 aliphatic carbocycles. The highest BCUT2D eigenvalue weighted by molar-refractivity contribution is 5.75. The predicted molar refractivity (Wildman–Crippen MR) is 107 cm³/mol. The fraction of sp³-hybridized carbons (Fsp3) is 0.682. The molecule has 0 heterocycles. The first-order valence-corrected chi connectivity index (χ1v) is 10.2. The van der Waals surface area contributed by atoms with Crippen LogP contribution in [0, 0.1) is 0 Å². The van der Waals surface area contributed by atoms with Crippen LogP contribution in [0.1, 0.15) is 70.3 Å². The molecule has 1 amide bonds. The van der Waals surface area contributed by atoms with E-state index in [4.69, 9.17) is 0 Å². The molecule has 3 heteroatoms. The summed E-state index contributed by atoms with van der Waals surface area (Å²) >= 11 is 0. The third-order valence-electron chi connectivity index (χ3n) is 4.72. The van der Waals surface area contributed by atoms with Crippen molar-refractivity contribution in [3.63, 3.8) is 0 Å². The second-order valence-corrected chi connectivity index (χ2v) is 7.88. The maximum atomic E-state index is 11.9. The highest BCUT2D eigenvalue weighted by Gasteiger charge is 2.15. The van der Waals surface area contributed by atoms with E-state index in [9.17, 15) is 4.79 Å². The first kappa shape index (κ1) is 21.7. The van der Waals surface area contributed by atoms with Crippen molar-refractivity contribution >= 4 is 5.91 Å². The van der Waals surface area contributed by atoms with Crippen molar-refractivity contribution < 1.29 is 9.28 Å². The van der Waals surface area contributed by atoms with Crippen LogP contribution in [0.2, 0.25) is 0 Å². The van der Waals surface area contributed by atoms with Gasteiger partial charge in [0, 0.05) is 24.9 Å². The number of carbonyl (C=O) groups excluding carboxylic acids is 1. The molecule has 0 aromatic heterocycles. The molecule has 0 radical (unpaired) electrons. The molecule has 0 saturated heterocycles. The molecule has 25 heavy (non-hydrogen) atoms. The molecule has 1 aromatic rings. The van der Waals surface area contributed by atoms with E-state index >= 15 is 0 Å². The van der Waals surface area contributed by atoms with Gasteiger partial charge in [-0.25, -0.2) is 0 Å². The number of carbonyl (C=O) groups is 1. The Hall–Kier alpha value is -1.35. The SMILES string of the molecule is CCCCCCCCCC(=O)NCCC[N+](C)(C)Cc1ccccc1. The van der Waals surface area contributed by atoms with Gasteiger partial charge in [0.1, 0.15) is 6.54 Å². The van der Waals surface area contributed by atoms with Crippen LogP contribution in [0.15, 0.2) is 30.3 Å². The number of unbranched alkanes of at least 4 members (excludes halogenated alkanes) is 6. The van der Waals surface area contributed by atoms with Crippen molar-refractivity contribution in [2.75, 3.05) is 27.2 Å². The highest BCUT2D eigenvalue weighted by Crippen LogP contribution is 2.10. The Balaban J connectivity index is 2.03. The van der Waals surface area contributed by atoms with Crippen molar-refractivity contribution in [1.29, 1.82) is 0 Å². The molecule has 1 aromatic carbocycles. The summed E-state index contributed by atoms with van der Waals surface area (Å²) in [6.07, 6.45) is 10.5. The smallest absolute Gasteiger partial charge is 0.219 e. The molecule has 0 fully saturated rings. The summed E-state index contributed by atoms with van der Waals surface area (Å²) in [4.78, 5) is 11.9. The Kier molecular flexibility index (Phi) is 11.2. The van der Waals surface area contributed by atoms with E-state index in [0.29, 0.717) is 6.42 Å². The van der Waals surface area contributed by atoms with Gasteiger partial charge in [-0.3, -0.25) is 4.79 Å². The van der Waals surface area contributed by atoms with Crippen LogP contribution in [-0.2, 0) is 11.3 Å². The predicted octanol–water partition coefficient (Wildman–Crippen LogP) is 4.91. The van der Waals surface area contributed by atoms with E-state index in [2.05, 4.69) is 56.7 Å². The maximum Gasteiger partial charge on any atom is 0.219 e. The van der Waals surface area contributed by atoms with Gasteiger partial charge in [-0.05, 0) is 6.42 Å². The first-order chi connectivity index (χ1) is 12.0. The van der Waals surface area contributed by atoms with Crippen LogP contribution in [0.3, 0.4) is 0 Å². The van der Waals surface area contributed by atoms with Gasteiger partial charge in [0.25, 0.3) is 0 Å². The Morgan fingerprint density at radius 2 is 1.56 bits per heavy atom. The standard InChI is InChI=1S/C22H38N2O/c1-4-5-6-7-8-9-13-17-22(25)23-18-14-19-24(2,3)20-21-15-11-10-12-16-21/h10-12,15-16H,4-9,13-14,17-20H2,1-3H3/p+1. The van der Waals surface area contributed by atoms with Gasteiger partial charge in [0.15, 0.2) is 0 Å². The van der Waals surface area contributed by atoms with Gasteiger partial charge < -0.3 is 9.80 Å². The molecule has 0 aliphatic heterocycles. The van der Waals surface area contributed by atoms with Crippen LogP contribution in [0.25, 0.3) is 0 Å². The normalized spacial score (nSPS) is 11.5. The Bertz CT molecular complexity index is 456. The quantitative estimate of drug-likeness (QED) is 0.376. The lowest BCUT2D eigenvalue weighted by atomic mass is 10.1. The van der Waals surface area contributed by atoms with Gasteiger partial charge in [-0.2, -0.15) is 0 Å². The number of rotatable bonds is 14. The van der Waals surface area contributed by atoms with Crippen LogP contribution < -0.4 is 5.32 Å². The minimum Gasteiger partial charge on any atom is -0.356 e. The summed E-state index contributed by atoms with van der Waals surface area (Å²) in [7, 11) is 4.51. The molecule has 3 nitrogen and oxygen atoms in total. The topological polar surface area (TPSA) is 29.1 Å². The molecule has 1 N–H and O–H groups in total. The fourth-order valence-electron chi connectivity index (χ4n) is 3.22. The minimum atomic E-state index is 0.224. The summed E-state index contributed by atoms with van der Waals surface area (Å²) < 4.78 is 0.956. The second-order valence-electron chi connectivity index (χ2n) is 7.88. The summed E-state index contributed by atoms with van der Waals surface area (Å²) in [6, 6.07) is 10.6. The van der Waals surface area contributed by atoms with Gasteiger partial charge in [0.2, 0.25) is 5.91 Å². The highest BCUT2D eigenvalue weighted by atomic mass is 16.1. The van der Waals surface area contributed by atoms with E-state index < -0.39 is 0 Å². The van der Waals surface area contributed by atoms with Gasteiger partial charge >= 0.3 is 0 Å². The minimum absolute atomic E-state index is 0.224. The third kappa shape index (κ3) is 11.8. The summed E-state index contributed by atoms with van der Waals surface area (Å²) in [5.41, 5.74) is 1.37. The number of benzene rings is 1. The average Bonchev–Trinajstić information content (AvgIpc) is 2.58.